The van der Waals surface area contributed by atoms with Crippen LogP contribution in [0.4, 0.5) is 0 Å². The van der Waals surface area contributed by atoms with Gasteiger partial charge in [0.05, 0.1) is 12.4 Å². The van der Waals surface area contributed by atoms with Crippen LogP contribution < -0.4 is 4.72 Å². The SMILES string of the molecule is COCCS(=O)(=O)NCCCN(C)C. The summed E-state index contributed by atoms with van der Waals surface area (Å²) in [6.07, 6.45) is 0.819. The average Bonchev–Trinajstić information content (AvgIpc) is 2.09. The quantitative estimate of drug-likeness (QED) is 0.565. The van der Waals surface area contributed by atoms with Gasteiger partial charge in [0, 0.05) is 13.7 Å². The third-order valence-corrected chi connectivity index (χ3v) is 3.01. The van der Waals surface area contributed by atoms with E-state index in [1.807, 2.05) is 19.0 Å². The zero-order valence-electron chi connectivity index (χ0n) is 9.12. The molecule has 1 N–H and O–H groups in total. The number of rotatable bonds is 8. The van der Waals surface area contributed by atoms with E-state index >= 15 is 0 Å². The van der Waals surface area contributed by atoms with Crippen molar-refractivity contribution in [2.45, 2.75) is 6.42 Å². The Morgan fingerprint density at radius 1 is 1.36 bits per heavy atom. The molecule has 0 radical (unpaired) electrons. The summed E-state index contributed by atoms with van der Waals surface area (Å²) in [5, 5.41) is 0. The number of hydrogen-bond donors (Lipinski definition) is 1. The molecular weight excluding hydrogens is 204 g/mol. The van der Waals surface area contributed by atoms with Crippen LogP contribution in [0, 0.1) is 0 Å². The molecule has 0 bridgehead atoms. The molecule has 0 saturated carbocycles. The van der Waals surface area contributed by atoms with E-state index in [1.165, 1.54) is 7.11 Å². The second-order valence-electron chi connectivity index (χ2n) is 3.36. The van der Waals surface area contributed by atoms with Crippen LogP contribution in [-0.2, 0) is 14.8 Å². The number of hydrogen-bond acceptors (Lipinski definition) is 4. The van der Waals surface area contributed by atoms with Crippen molar-refractivity contribution in [2.24, 2.45) is 0 Å². The van der Waals surface area contributed by atoms with Gasteiger partial charge in [0.1, 0.15) is 0 Å². The normalized spacial score (nSPS) is 12.3. The molecule has 0 unspecified atom stereocenters. The molecule has 0 aliphatic carbocycles. The van der Waals surface area contributed by atoms with Crippen LogP contribution in [0.3, 0.4) is 0 Å². The first-order valence-electron chi connectivity index (χ1n) is 4.59. The van der Waals surface area contributed by atoms with Crippen molar-refractivity contribution in [3.8, 4) is 0 Å². The molecular formula is C8H20N2O3S. The summed E-state index contributed by atoms with van der Waals surface area (Å²) in [4.78, 5) is 2.02. The number of sulfonamides is 1. The van der Waals surface area contributed by atoms with Crippen molar-refractivity contribution < 1.29 is 13.2 Å². The van der Waals surface area contributed by atoms with Gasteiger partial charge in [0.2, 0.25) is 10.0 Å². The fourth-order valence-corrected chi connectivity index (χ4v) is 1.87. The first kappa shape index (κ1) is 13.8. The molecule has 86 valence electrons. The van der Waals surface area contributed by atoms with Gasteiger partial charge in [-0.3, -0.25) is 0 Å². The molecule has 6 heteroatoms. The minimum absolute atomic E-state index is 0.0332. The van der Waals surface area contributed by atoms with E-state index in [9.17, 15) is 8.42 Å². The maximum atomic E-state index is 11.2. The standard InChI is InChI=1S/C8H20N2O3S/c1-10(2)6-4-5-9-14(11,12)8-7-13-3/h9H,4-8H2,1-3H3. The van der Waals surface area contributed by atoms with Crippen molar-refractivity contribution >= 4 is 10.0 Å². The second-order valence-corrected chi connectivity index (χ2v) is 5.29. The molecule has 0 aliphatic rings. The maximum absolute atomic E-state index is 11.2. The summed E-state index contributed by atoms with van der Waals surface area (Å²) >= 11 is 0. The number of ether oxygens (including phenoxy) is 1. The minimum atomic E-state index is -3.14. The number of methoxy groups -OCH3 is 1. The lowest BCUT2D eigenvalue weighted by molar-refractivity contribution is 0.217. The van der Waals surface area contributed by atoms with Gasteiger partial charge in [0.15, 0.2) is 0 Å². The molecule has 0 aliphatic heterocycles. The highest BCUT2D eigenvalue weighted by molar-refractivity contribution is 7.89. The van der Waals surface area contributed by atoms with Gasteiger partial charge >= 0.3 is 0 Å². The van der Waals surface area contributed by atoms with Gasteiger partial charge in [-0.05, 0) is 27.1 Å². The highest BCUT2D eigenvalue weighted by Crippen LogP contribution is 1.87. The highest BCUT2D eigenvalue weighted by Gasteiger charge is 2.07. The molecule has 0 aromatic rings. The fourth-order valence-electron chi connectivity index (χ4n) is 0.888. The first-order valence-corrected chi connectivity index (χ1v) is 6.24. The summed E-state index contributed by atoms with van der Waals surface area (Å²) in [5.74, 6) is 0.0332. The van der Waals surface area contributed by atoms with Gasteiger partial charge in [-0.1, -0.05) is 0 Å². The summed E-state index contributed by atoms with van der Waals surface area (Å²) < 4.78 is 29.7. The zero-order chi connectivity index (χ0) is 11.0. The van der Waals surface area contributed by atoms with Gasteiger partial charge in [-0.2, -0.15) is 0 Å². The fraction of sp³-hybridized carbons (Fsp3) is 1.00. The lowest BCUT2D eigenvalue weighted by Crippen LogP contribution is -2.30. The van der Waals surface area contributed by atoms with Crippen molar-refractivity contribution in [2.75, 3.05) is 46.7 Å². The predicted molar refractivity (Wildman–Crippen MR) is 56.8 cm³/mol. The Labute approximate surface area is 86.5 Å². The van der Waals surface area contributed by atoms with Gasteiger partial charge in [-0.15, -0.1) is 0 Å². The minimum Gasteiger partial charge on any atom is -0.384 e. The Morgan fingerprint density at radius 2 is 2.00 bits per heavy atom. The van der Waals surface area contributed by atoms with Gasteiger partial charge in [0.25, 0.3) is 0 Å². The van der Waals surface area contributed by atoms with E-state index in [4.69, 9.17) is 4.74 Å². The van der Waals surface area contributed by atoms with E-state index in [1.54, 1.807) is 0 Å². The van der Waals surface area contributed by atoms with Crippen LogP contribution in [0.1, 0.15) is 6.42 Å². The van der Waals surface area contributed by atoms with E-state index < -0.39 is 10.0 Å². The first-order chi connectivity index (χ1) is 6.48. The van der Waals surface area contributed by atoms with Crippen LogP contribution >= 0.6 is 0 Å². The maximum Gasteiger partial charge on any atom is 0.213 e. The molecule has 0 aromatic carbocycles. The summed E-state index contributed by atoms with van der Waals surface area (Å²) in [6, 6.07) is 0. The topological polar surface area (TPSA) is 58.6 Å². The van der Waals surface area contributed by atoms with Crippen LogP contribution in [-0.4, -0.2) is 60.0 Å². The lowest BCUT2D eigenvalue weighted by Gasteiger charge is -2.09. The number of nitrogens with one attached hydrogen (secondary N) is 1. The largest absolute Gasteiger partial charge is 0.384 e. The van der Waals surface area contributed by atoms with Crippen LogP contribution in [0.2, 0.25) is 0 Å². The van der Waals surface area contributed by atoms with E-state index in [2.05, 4.69) is 4.72 Å². The molecule has 0 amide bonds. The van der Waals surface area contributed by atoms with Crippen molar-refractivity contribution in [1.82, 2.24) is 9.62 Å². The molecule has 0 spiro atoms. The highest BCUT2D eigenvalue weighted by atomic mass is 32.2. The average molecular weight is 224 g/mol. The Morgan fingerprint density at radius 3 is 2.50 bits per heavy atom. The molecule has 0 heterocycles. The third-order valence-electron chi connectivity index (χ3n) is 1.66. The molecule has 0 rings (SSSR count). The Kier molecular flexibility index (Phi) is 7.08. The van der Waals surface area contributed by atoms with E-state index in [0.29, 0.717) is 6.54 Å². The summed E-state index contributed by atoms with van der Waals surface area (Å²) in [5.41, 5.74) is 0. The van der Waals surface area contributed by atoms with Gasteiger partial charge in [-0.25, -0.2) is 13.1 Å². The van der Waals surface area contributed by atoms with Crippen LogP contribution in [0.5, 0.6) is 0 Å². The van der Waals surface area contributed by atoms with E-state index in [-0.39, 0.29) is 12.4 Å². The molecule has 14 heavy (non-hydrogen) atoms. The predicted octanol–water partition coefficient (Wildman–Crippen LogP) is -0.496. The monoisotopic (exact) mass is 224 g/mol. The molecule has 0 atom stereocenters. The molecule has 5 nitrogen and oxygen atoms in total. The number of nitrogens with zero attached hydrogens (tertiary/aromatic N) is 1. The zero-order valence-corrected chi connectivity index (χ0v) is 9.93. The van der Waals surface area contributed by atoms with Crippen molar-refractivity contribution in [3.05, 3.63) is 0 Å². The van der Waals surface area contributed by atoms with Crippen LogP contribution in [0.15, 0.2) is 0 Å². The molecule has 0 aromatic heterocycles. The van der Waals surface area contributed by atoms with Gasteiger partial charge < -0.3 is 9.64 Å². The van der Waals surface area contributed by atoms with E-state index in [0.717, 1.165) is 13.0 Å². The van der Waals surface area contributed by atoms with Crippen molar-refractivity contribution in [1.29, 1.82) is 0 Å². The molecule has 0 fully saturated rings. The smallest absolute Gasteiger partial charge is 0.213 e. The Bertz CT molecular complexity index is 227. The Balaban J connectivity index is 3.56. The van der Waals surface area contributed by atoms with Crippen molar-refractivity contribution in [3.63, 3.8) is 0 Å². The summed E-state index contributed by atoms with van der Waals surface area (Å²) in [6.45, 7) is 1.61. The summed E-state index contributed by atoms with van der Waals surface area (Å²) in [7, 11) is 2.27. The Hall–Kier alpha value is -0.170. The second kappa shape index (κ2) is 7.17. The molecule has 0 saturated heterocycles. The van der Waals surface area contributed by atoms with Crippen LogP contribution in [0.25, 0.3) is 0 Å². The lowest BCUT2D eigenvalue weighted by atomic mass is 10.4. The third kappa shape index (κ3) is 8.43.